The molecule has 1 aliphatic rings. The van der Waals surface area contributed by atoms with Crippen molar-refractivity contribution in [2.24, 2.45) is 17.3 Å². The van der Waals surface area contributed by atoms with Crippen LogP contribution in [0.15, 0.2) is 24.3 Å². The van der Waals surface area contributed by atoms with Crippen molar-refractivity contribution in [3.8, 4) is 5.75 Å². The van der Waals surface area contributed by atoms with E-state index in [1.54, 1.807) is 0 Å². The number of ether oxygens (including phenoxy) is 2. The van der Waals surface area contributed by atoms with Crippen LogP contribution in [0, 0.1) is 17.3 Å². The van der Waals surface area contributed by atoms with Crippen molar-refractivity contribution >= 4 is 0 Å². The molecule has 2 rings (SSSR count). The summed E-state index contributed by atoms with van der Waals surface area (Å²) in [6, 6.07) is 8.63. The van der Waals surface area contributed by atoms with Crippen LogP contribution in [0.5, 0.6) is 5.75 Å². The highest BCUT2D eigenvalue weighted by Crippen LogP contribution is 2.41. The van der Waals surface area contributed by atoms with Gasteiger partial charge in [-0.05, 0) is 54.2 Å². The summed E-state index contributed by atoms with van der Waals surface area (Å²) >= 11 is 0. The molecule has 0 amide bonds. The van der Waals surface area contributed by atoms with Crippen molar-refractivity contribution in [1.82, 2.24) is 0 Å². The molecule has 0 aromatic heterocycles. The van der Waals surface area contributed by atoms with E-state index < -0.39 is 0 Å². The summed E-state index contributed by atoms with van der Waals surface area (Å²) in [7, 11) is 0. The van der Waals surface area contributed by atoms with Crippen LogP contribution in [-0.4, -0.2) is 12.9 Å². The Kier molecular flexibility index (Phi) is 8.01. The molecule has 0 saturated heterocycles. The maximum absolute atomic E-state index is 5.96. The van der Waals surface area contributed by atoms with Gasteiger partial charge in [0.1, 0.15) is 5.75 Å². The molecule has 1 fully saturated rings. The fraction of sp³-hybridized carbons (Fsp3) is 0.750. The lowest BCUT2D eigenvalue weighted by atomic mass is 9.70. The molecule has 0 spiro atoms. The fourth-order valence-electron chi connectivity index (χ4n) is 4.74. The van der Waals surface area contributed by atoms with E-state index in [0.29, 0.717) is 11.8 Å². The molecule has 26 heavy (non-hydrogen) atoms. The maximum atomic E-state index is 5.96. The molecular formula is C24H40O2. The molecule has 0 heterocycles. The first kappa shape index (κ1) is 21.3. The third-order valence-electron chi connectivity index (χ3n) is 5.74. The summed E-state index contributed by atoms with van der Waals surface area (Å²) in [5.74, 6) is 2.92. The Labute approximate surface area is 161 Å². The molecule has 0 bridgehead atoms. The standard InChI is InChI=1S/C24H40O2/c1-18(2)23(24(4,5)6)21-12-14-22(15-13-21)26-19(3)25-17-16-20-10-8-7-9-11-20/h12-15,18-20,23H,7-11,16-17H2,1-6H3. The normalized spacial score (nSPS) is 18.7. The van der Waals surface area contributed by atoms with Gasteiger partial charge >= 0.3 is 0 Å². The molecule has 148 valence electrons. The van der Waals surface area contributed by atoms with Gasteiger partial charge in [0.2, 0.25) is 0 Å². The summed E-state index contributed by atoms with van der Waals surface area (Å²) in [5.41, 5.74) is 1.65. The predicted molar refractivity (Wildman–Crippen MR) is 111 cm³/mol. The molecule has 0 N–H and O–H groups in total. The highest BCUT2D eigenvalue weighted by Gasteiger charge is 2.28. The Morgan fingerprint density at radius 2 is 1.58 bits per heavy atom. The highest BCUT2D eigenvalue weighted by atomic mass is 16.7. The van der Waals surface area contributed by atoms with E-state index in [1.807, 2.05) is 6.92 Å². The molecule has 2 heteroatoms. The van der Waals surface area contributed by atoms with E-state index in [4.69, 9.17) is 9.47 Å². The van der Waals surface area contributed by atoms with Gasteiger partial charge in [0.25, 0.3) is 0 Å². The fourth-order valence-corrected chi connectivity index (χ4v) is 4.74. The summed E-state index contributed by atoms with van der Waals surface area (Å²) in [4.78, 5) is 0. The van der Waals surface area contributed by atoms with E-state index in [9.17, 15) is 0 Å². The van der Waals surface area contributed by atoms with Crippen LogP contribution < -0.4 is 4.74 Å². The highest BCUT2D eigenvalue weighted by molar-refractivity contribution is 5.30. The molecule has 1 aliphatic carbocycles. The van der Waals surface area contributed by atoms with Crippen LogP contribution in [0.3, 0.4) is 0 Å². The first-order valence-corrected chi connectivity index (χ1v) is 10.7. The zero-order valence-corrected chi connectivity index (χ0v) is 17.9. The minimum absolute atomic E-state index is 0.187. The quantitative estimate of drug-likeness (QED) is 0.457. The summed E-state index contributed by atoms with van der Waals surface area (Å²) in [6.07, 6.45) is 7.96. The van der Waals surface area contributed by atoms with Crippen molar-refractivity contribution in [2.75, 3.05) is 6.61 Å². The Bertz CT molecular complexity index is 506. The minimum atomic E-state index is -0.187. The van der Waals surface area contributed by atoms with Gasteiger partial charge in [-0.1, -0.05) is 78.9 Å². The van der Waals surface area contributed by atoms with Crippen molar-refractivity contribution in [2.45, 2.75) is 92.3 Å². The Morgan fingerprint density at radius 3 is 2.12 bits per heavy atom. The van der Waals surface area contributed by atoms with E-state index in [2.05, 4.69) is 58.9 Å². The third-order valence-corrected chi connectivity index (χ3v) is 5.74. The molecule has 1 aromatic carbocycles. The Hall–Kier alpha value is -1.02. The number of rotatable bonds is 8. The first-order valence-electron chi connectivity index (χ1n) is 10.7. The van der Waals surface area contributed by atoms with Crippen molar-refractivity contribution in [3.63, 3.8) is 0 Å². The second-order valence-corrected chi connectivity index (χ2v) is 9.51. The lowest BCUT2D eigenvalue weighted by Crippen LogP contribution is -2.23. The zero-order valence-electron chi connectivity index (χ0n) is 17.9. The molecule has 0 radical (unpaired) electrons. The van der Waals surface area contributed by atoms with Crippen LogP contribution in [0.2, 0.25) is 0 Å². The SMILES string of the molecule is CC(OCCC1CCCCC1)Oc1ccc(C(C(C)C)C(C)(C)C)cc1. The topological polar surface area (TPSA) is 18.5 Å². The minimum Gasteiger partial charge on any atom is -0.465 e. The summed E-state index contributed by atoms with van der Waals surface area (Å²) in [6.45, 7) is 14.4. The Balaban J connectivity index is 1.82. The number of hydrogen-bond donors (Lipinski definition) is 0. The van der Waals surface area contributed by atoms with Gasteiger partial charge in [0.15, 0.2) is 6.29 Å². The monoisotopic (exact) mass is 360 g/mol. The van der Waals surface area contributed by atoms with Gasteiger partial charge < -0.3 is 9.47 Å². The van der Waals surface area contributed by atoms with Crippen molar-refractivity contribution < 1.29 is 9.47 Å². The van der Waals surface area contributed by atoms with Crippen molar-refractivity contribution in [1.29, 1.82) is 0 Å². The lowest BCUT2D eigenvalue weighted by Gasteiger charge is -2.34. The molecule has 2 unspecified atom stereocenters. The largest absolute Gasteiger partial charge is 0.465 e. The molecule has 2 atom stereocenters. The molecule has 0 aliphatic heterocycles. The smallest absolute Gasteiger partial charge is 0.196 e. The van der Waals surface area contributed by atoms with Gasteiger partial charge in [-0.15, -0.1) is 0 Å². The van der Waals surface area contributed by atoms with Crippen LogP contribution >= 0.6 is 0 Å². The van der Waals surface area contributed by atoms with Crippen molar-refractivity contribution in [3.05, 3.63) is 29.8 Å². The summed E-state index contributed by atoms with van der Waals surface area (Å²) in [5, 5.41) is 0. The molecular weight excluding hydrogens is 320 g/mol. The molecule has 1 aromatic rings. The van der Waals surface area contributed by atoms with Crippen LogP contribution in [0.1, 0.15) is 91.5 Å². The average molecular weight is 361 g/mol. The predicted octanol–water partition coefficient (Wildman–Crippen LogP) is 7.18. The van der Waals surface area contributed by atoms with Gasteiger partial charge in [0.05, 0.1) is 6.61 Å². The number of benzene rings is 1. The van der Waals surface area contributed by atoms with Gasteiger partial charge in [0, 0.05) is 0 Å². The average Bonchev–Trinajstić information content (AvgIpc) is 2.56. The van der Waals surface area contributed by atoms with E-state index in [-0.39, 0.29) is 11.7 Å². The zero-order chi connectivity index (χ0) is 19.2. The van der Waals surface area contributed by atoms with Gasteiger partial charge in [-0.25, -0.2) is 0 Å². The first-order chi connectivity index (χ1) is 12.3. The molecule has 2 nitrogen and oxygen atoms in total. The van der Waals surface area contributed by atoms with Gasteiger partial charge in [-0.3, -0.25) is 0 Å². The number of hydrogen-bond acceptors (Lipinski definition) is 2. The van der Waals surface area contributed by atoms with Crippen LogP contribution in [-0.2, 0) is 4.74 Å². The maximum Gasteiger partial charge on any atom is 0.196 e. The third kappa shape index (κ3) is 6.61. The Morgan fingerprint density at radius 1 is 0.962 bits per heavy atom. The van der Waals surface area contributed by atoms with E-state index >= 15 is 0 Å². The van der Waals surface area contributed by atoms with E-state index in [1.165, 1.54) is 44.1 Å². The summed E-state index contributed by atoms with van der Waals surface area (Å²) < 4.78 is 11.9. The molecule has 1 saturated carbocycles. The van der Waals surface area contributed by atoms with E-state index in [0.717, 1.165) is 18.3 Å². The second-order valence-electron chi connectivity index (χ2n) is 9.51. The van der Waals surface area contributed by atoms with Crippen LogP contribution in [0.25, 0.3) is 0 Å². The van der Waals surface area contributed by atoms with Crippen LogP contribution in [0.4, 0.5) is 0 Å². The second kappa shape index (κ2) is 9.78. The van der Waals surface area contributed by atoms with Gasteiger partial charge in [-0.2, -0.15) is 0 Å². The lowest BCUT2D eigenvalue weighted by molar-refractivity contribution is -0.0711.